The van der Waals surface area contributed by atoms with Crippen LogP contribution < -0.4 is 0 Å². The number of halogens is 1. The fourth-order valence-corrected chi connectivity index (χ4v) is 5.02. The van der Waals surface area contributed by atoms with Crippen LogP contribution in [0.2, 0.25) is 0 Å². The molecule has 2 nitrogen and oxygen atoms in total. The molecule has 3 unspecified atom stereocenters. The molecule has 1 saturated heterocycles. The number of benzene rings is 2. The summed E-state index contributed by atoms with van der Waals surface area (Å²) in [7, 11) is 0. The Morgan fingerprint density at radius 2 is 1.96 bits per heavy atom. The summed E-state index contributed by atoms with van der Waals surface area (Å²) in [5.41, 5.74) is 2.03. The van der Waals surface area contributed by atoms with Gasteiger partial charge in [0.1, 0.15) is 0 Å². The molecule has 0 amide bonds. The van der Waals surface area contributed by atoms with E-state index in [2.05, 4.69) is 75.4 Å². The molecule has 0 aromatic heterocycles. The molecule has 1 N–H and O–H groups in total. The van der Waals surface area contributed by atoms with Crippen LogP contribution in [0.25, 0.3) is 0 Å². The fraction of sp³-hybridized carbons (Fsp3) is 0.400. The second-order valence-corrected chi connectivity index (χ2v) is 8.01. The SMILES string of the molecule is OC12CCC(CN(Cc3ccccc3)C1)C2c1cccc(Br)c1. The van der Waals surface area contributed by atoms with Gasteiger partial charge in [0.2, 0.25) is 0 Å². The van der Waals surface area contributed by atoms with Gasteiger partial charge in [-0.3, -0.25) is 4.90 Å². The van der Waals surface area contributed by atoms with E-state index in [4.69, 9.17) is 0 Å². The monoisotopic (exact) mass is 371 g/mol. The molecule has 2 fully saturated rings. The van der Waals surface area contributed by atoms with Crippen molar-refractivity contribution in [3.8, 4) is 0 Å². The third kappa shape index (κ3) is 2.98. The highest BCUT2D eigenvalue weighted by atomic mass is 79.9. The van der Waals surface area contributed by atoms with Crippen LogP contribution in [0.3, 0.4) is 0 Å². The van der Waals surface area contributed by atoms with Crippen LogP contribution in [0.15, 0.2) is 59.1 Å². The Morgan fingerprint density at radius 3 is 2.70 bits per heavy atom. The summed E-state index contributed by atoms with van der Waals surface area (Å²) in [6, 6.07) is 19.1. The van der Waals surface area contributed by atoms with Gasteiger partial charge in [-0.15, -0.1) is 0 Å². The molecule has 2 aromatic rings. The number of hydrogen-bond acceptors (Lipinski definition) is 2. The number of aliphatic hydroxyl groups is 1. The van der Waals surface area contributed by atoms with Gasteiger partial charge in [-0.25, -0.2) is 0 Å². The summed E-state index contributed by atoms with van der Waals surface area (Å²) in [4.78, 5) is 2.43. The predicted octanol–water partition coefficient (Wildman–Crippen LogP) is 4.19. The highest BCUT2D eigenvalue weighted by Crippen LogP contribution is 2.51. The molecule has 0 radical (unpaired) electrons. The van der Waals surface area contributed by atoms with E-state index in [1.165, 1.54) is 11.1 Å². The quantitative estimate of drug-likeness (QED) is 0.874. The molecule has 23 heavy (non-hydrogen) atoms. The van der Waals surface area contributed by atoms with Crippen LogP contribution in [-0.2, 0) is 6.54 Å². The average molecular weight is 372 g/mol. The van der Waals surface area contributed by atoms with Crippen LogP contribution in [0.5, 0.6) is 0 Å². The highest BCUT2D eigenvalue weighted by molar-refractivity contribution is 9.10. The van der Waals surface area contributed by atoms with Crippen LogP contribution in [0.1, 0.15) is 29.9 Å². The number of hydrogen-bond donors (Lipinski definition) is 1. The lowest BCUT2D eigenvalue weighted by atomic mass is 9.77. The Kier molecular flexibility index (Phi) is 4.04. The topological polar surface area (TPSA) is 23.5 Å². The third-order valence-corrected chi connectivity index (χ3v) is 5.94. The minimum atomic E-state index is -0.585. The van der Waals surface area contributed by atoms with Crippen molar-refractivity contribution in [1.82, 2.24) is 4.90 Å². The normalized spacial score (nSPS) is 30.5. The fourth-order valence-electron chi connectivity index (χ4n) is 4.60. The lowest BCUT2D eigenvalue weighted by molar-refractivity contribution is -0.0398. The van der Waals surface area contributed by atoms with Crippen molar-refractivity contribution in [1.29, 1.82) is 0 Å². The first-order valence-corrected chi connectivity index (χ1v) is 9.17. The molecule has 4 rings (SSSR count). The molecule has 2 aliphatic rings. The van der Waals surface area contributed by atoms with E-state index >= 15 is 0 Å². The second-order valence-electron chi connectivity index (χ2n) is 7.09. The number of piperidine rings is 1. The summed E-state index contributed by atoms with van der Waals surface area (Å²) in [6.45, 7) is 2.79. The Labute approximate surface area is 146 Å². The zero-order valence-electron chi connectivity index (χ0n) is 13.2. The predicted molar refractivity (Wildman–Crippen MR) is 96.3 cm³/mol. The van der Waals surface area contributed by atoms with Crippen LogP contribution >= 0.6 is 15.9 Å². The Balaban J connectivity index is 1.56. The lowest BCUT2D eigenvalue weighted by Crippen LogP contribution is -2.51. The van der Waals surface area contributed by atoms with E-state index in [0.717, 1.165) is 36.9 Å². The third-order valence-electron chi connectivity index (χ3n) is 5.45. The summed E-state index contributed by atoms with van der Waals surface area (Å²) in [5, 5.41) is 11.3. The standard InChI is InChI=1S/C20H22BrNO/c21-18-8-4-7-16(11-18)19-17-9-10-20(19,23)14-22(13-17)12-15-5-2-1-3-6-15/h1-8,11,17,19,23H,9-10,12-14H2. The molecule has 2 bridgehead atoms. The molecule has 1 aliphatic heterocycles. The van der Waals surface area contributed by atoms with Gasteiger partial charge in [-0.2, -0.15) is 0 Å². The van der Waals surface area contributed by atoms with Crippen molar-refractivity contribution in [3.05, 3.63) is 70.2 Å². The summed E-state index contributed by atoms with van der Waals surface area (Å²) in [5.74, 6) is 0.818. The van der Waals surface area contributed by atoms with E-state index in [0.29, 0.717) is 5.92 Å². The maximum atomic E-state index is 11.3. The molecule has 1 saturated carbocycles. The zero-order valence-corrected chi connectivity index (χ0v) is 14.7. The van der Waals surface area contributed by atoms with E-state index in [-0.39, 0.29) is 5.92 Å². The van der Waals surface area contributed by atoms with E-state index < -0.39 is 5.60 Å². The van der Waals surface area contributed by atoms with Gasteiger partial charge in [-0.05, 0) is 42.0 Å². The molecular formula is C20H22BrNO. The minimum absolute atomic E-state index is 0.270. The molecule has 1 aliphatic carbocycles. The smallest absolute Gasteiger partial charge is 0.0845 e. The maximum Gasteiger partial charge on any atom is 0.0845 e. The van der Waals surface area contributed by atoms with Crippen molar-refractivity contribution in [2.75, 3.05) is 13.1 Å². The van der Waals surface area contributed by atoms with Gasteiger partial charge >= 0.3 is 0 Å². The van der Waals surface area contributed by atoms with Crippen LogP contribution in [0, 0.1) is 5.92 Å². The molecule has 120 valence electrons. The average Bonchev–Trinajstić information content (AvgIpc) is 2.75. The van der Waals surface area contributed by atoms with Gasteiger partial charge in [0, 0.05) is 30.0 Å². The van der Waals surface area contributed by atoms with E-state index in [1.807, 2.05) is 0 Å². The van der Waals surface area contributed by atoms with Crippen LogP contribution in [-0.4, -0.2) is 28.7 Å². The van der Waals surface area contributed by atoms with E-state index in [1.54, 1.807) is 0 Å². The second kappa shape index (κ2) is 6.04. The van der Waals surface area contributed by atoms with Gasteiger partial charge in [-0.1, -0.05) is 58.4 Å². The zero-order chi connectivity index (χ0) is 15.9. The van der Waals surface area contributed by atoms with Gasteiger partial charge in [0.25, 0.3) is 0 Å². The number of likely N-dealkylation sites (tertiary alicyclic amines) is 1. The van der Waals surface area contributed by atoms with Crippen molar-refractivity contribution < 1.29 is 5.11 Å². The molecule has 0 spiro atoms. The highest BCUT2D eigenvalue weighted by Gasteiger charge is 2.52. The van der Waals surface area contributed by atoms with Crippen molar-refractivity contribution in [3.63, 3.8) is 0 Å². The van der Waals surface area contributed by atoms with Gasteiger partial charge in [0.15, 0.2) is 0 Å². The first kappa shape index (κ1) is 15.4. The number of nitrogens with zero attached hydrogens (tertiary/aromatic N) is 1. The Bertz CT molecular complexity index is 689. The van der Waals surface area contributed by atoms with Gasteiger partial charge in [0.05, 0.1) is 5.60 Å². The molecule has 3 heteroatoms. The first-order chi connectivity index (χ1) is 11.1. The first-order valence-electron chi connectivity index (χ1n) is 8.38. The summed E-state index contributed by atoms with van der Waals surface area (Å²) >= 11 is 3.57. The number of β-amino-alcohol motifs (C(OH)–C–C–N with tert-alkyl or cyclic N) is 1. The number of rotatable bonds is 3. The lowest BCUT2D eigenvalue weighted by Gasteiger charge is -2.43. The Morgan fingerprint density at radius 1 is 1.13 bits per heavy atom. The van der Waals surface area contributed by atoms with Crippen molar-refractivity contribution in [2.24, 2.45) is 5.92 Å². The van der Waals surface area contributed by atoms with Crippen LogP contribution in [0.4, 0.5) is 0 Å². The summed E-state index contributed by atoms with van der Waals surface area (Å²) < 4.78 is 1.10. The van der Waals surface area contributed by atoms with Crippen molar-refractivity contribution >= 4 is 15.9 Å². The van der Waals surface area contributed by atoms with Crippen molar-refractivity contribution in [2.45, 2.75) is 30.9 Å². The Hall–Kier alpha value is -1.16. The summed E-state index contributed by atoms with van der Waals surface area (Å²) in [6.07, 6.45) is 2.04. The molecule has 1 heterocycles. The molecule has 3 atom stereocenters. The largest absolute Gasteiger partial charge is 0.388 e. The minimum Gasteiger partial charge on any atom is -0.388 e. The molecule has 2 aromatic carbocycles. The maximum absolute atomic E-state index is 11.3. The number of fused-ring (bicyclic) bond motifs is 2. The van der Waals surface area contributed by atoms with Gasteiger partial charge < -0.3 is 5.11 Å². The molecular weight excluding hydrogens is 350 g/mol. The van der Waals surface area contributed by atoms with E-state index in [9.17, 15) is 5.11 Å².